The van der Waals surface area contributed by atoms with Crippen LogP contribution in [0, 0.1) is 11.8 Å². The molecule has 0 amide bonds. The van der Waals surface area contributed by atoms with Gasteiger partial charge in [0.1, 0.15) is 78.6 Å². The quantitative estimate of drug-likeness (QED) is 0.101. The number of carbonyl (C=O) groups excluding carboxylic acids is 4. The van der Waals surface area contributed by atoms with Crippen LogP contribution in [0.4, 0.5) is 0 Å². The molecule has 2 saturated heterocycles. The van der Waals surface area contributed by atoms with Crippen molar-refractivity contribution in [3.63, 3.8) is 0 Å². The van der Waals surface area contributed by atoms with E-state index in [1.807, 2.05) is 0 Å². The maximum atomic E-state index is 13.9. The number of aromatic hydroxyl groups is 1. The third kappa shape index (κ3) is 5.56. The van der Waals surface area contributed by atoms with Crippen molar-refractivity contribution in [3.8, 4) is 5.75 Å². The first kappa shape index (κ1) is 32.9. The van der Waals surface area contributed by atoms with Crippen LogP contribution < -0.4 is 0 Å². The highest BCUT2D eigenvalue weighted by Gasteiger charge is 2.69. The van der Waals surface area contributed by atoms with E-state index >= 15 is 0 Å². The van der Waals surface area contributed by atoms with Gasteiger partial charge in [0.25, 0.3) is 0 Å². The van der Waals surface area contributed by atoms with Gasteiger partial charge in [0, 0.05) is 0 Å². The number of Topliss-reactive ketones (excluding diaryl/α,β-unsaturated/α-hetero) is 3. The van der Waals surface area contributed by atoms with Crippen LogP contribution in [0.3, 0.4) is 0 Å². The van der Waals surface area contributed by atoms with Crippen LogP contribution >= 0.6 is 0 Å². The molecule has 2 heterocycles. The molecule has 0 bridgehead atoms. The number of ether oxygens (including phenoxy) is 2. The standard InChI is InChI=1S/C27H32O16/c28-7-12-16(32)19(35)21(37)23(42-12)15-18(34)14(11(31)6-3-9-1-4-10(30)5-2-9)24(39)27(41,25(15)40)26-22(38)20(36)17(33)13(8-29)43-26/h1-6,12-17,19-23,26,28-30,32-33,35-38,41H,7-8H2. The molecule has 13 atom stereocenters. The molecule has 1 aromatic carbocycles. The summed E-state index contributed by atoms with van der Waals surface area (Å²) in [4.78, 5) is 54.6. The van der Waals surface area contributed by atoms with E-state index < -0.39 is 115 Å². The van der Waals surface area contributed by atoms with E-state index in [4.69, 9.17) is 9.47 Å². The fraction of sp³-hybridized carbons (Fsp3) is 0.556. The van der Waals surface area contributed by atoms with Gasteiger partial charge in [-0.3, -0.25) is 19.2 Å². The molecule has 43 heavy (non-hydrogen) atoms. The van der Waals surface area contributed by atoms with Gasteiger partial charge in [0.15, 0.2) is 23.1 Å². The summed E-state index contributed by atoms with van der Waals surface area (Å²) in [6.45, 7) is -2.02. The van der Waals surface area contributed by atoms with E-state index in [2.05, 4.69) is 0 Å². The molecule has 13 unspecified atom stereocenters. The van der Waals surface area contributed by atoms with Gasteiger partial charge in [-0.2, -0.15) is 0 Å². The second-order valence-electron chi connectivity index (χ2n) is 10.7. The predicted molar refractivity (Wildman–Crippen MR) is 137 cm³/mol. The topological polar surface area (TPSA) is 289 Å². The van der Waals surface area contributed by atoms with Crippen molar-refractivity contribution in [2.45, 2.75) is 66.6 Å². The first-order chi connectivity index (χ1) is 20.2. The van der Waals surface area contributed by atoms with Crippen molar-refractivity contribution < 1.29 is 79.7 Å². The van der Waals surface area contributed by atoms with Gasteiger partial charge < -0.3 is 60.5 Å². The van der Waals surface area contributed by atoms with Gasteiger partial charge in [-0.15, -0.1) is 0 Å². The summed E-state index contributed by atoms with van der Waals surface area (Å²) in [6.07, 6.45) is -19.0. The minimum absolute atomic E-state index is 0.105. The monoisotopic (exact) mass is 612 g/mol. The second-order valence-corrected chi connectivity index (χ2v) is 10.7. The Bertz CT molecular complexity index is 1260. The van der Waals surface area contributed by atoms with E-state index in [-0.39, 0.29) is 5.75 Å². The number of phenolic OH excluding ortho intramolecular Hbond substituents is 1. The molecule has 4 rings (SSSR count). The number of benzene rings is 1. The highest BCUT2D eigenvalue weighted by Crippen LogP contribution is 2.41. The van der Waals surface area contributed by atoms with Crippen LogP contribution in [0.15, 0.2) is 30.3 Å². The predicted octanol–water partition coefficient (Wildman–Crippen LogP) is -5.66. The Kier molecular flexibility index (Phi) is 9.60. The number of aliphatic hydroxyl groups excluding tert-OH is 8. The first-order valence-electron chi connectivity index (χ1n) is 13.2. The molecule has 3 fully saturated rings. The van der Waals surface area contributed by atoms with Gasteiger partial charge in [0.05, 0.1) is 13.2 Å². The normalized spacial score (nSPS) is 42.4. The van der Waals surface area contributed by atoms with Crippen LogP contribution in [0.25, 0.3) is 6.08 Å². The lowest BCUT2D eigenvalue weighted by atomic mass is 9.62. The number of phenols is 1. The molecule has 0 aromatic heterocycles. The Labute approximate surface area is 242 Å². The van der Waals surface area contributed by atoms with Crippen molar-refractivity contribution in [3.05, 3.63) is 35.9 Å². The summed E-state index contributed by atoms with van der Waals surface area (Å²) in [7, 11) is 0. The summed E-state index contributed by atoms with van der Waals surface area (Å²) < 4.78 is 10.6. The highest BCUT2D eigenvalue weighted by molar-refractivity contribution is 6.37. The summed E-state index contributed by atoms with van der Waals surface area (Å²) in [5, 5.41) is 103. The molecule has 16 nitrogen and oxygen atoms in total. The maximum Gasteiger partial charge on any atom is 0.212 e. The Morgan fingerprint density at radius 2 is 1.30 bits per heavy atom. The molecule has 2 aliphatic heterocycles. The molecule has 1 aliphatic carbocycles. The molecule has 3 aliphatic rings. The second kappa shape index (κ2) is 12.5. The number of ketones is 4. The van der Waals surface area contributed by atoms with Crippen LogP contribution in [0.1, 0.15) is 5.56 Å². The summed E-state index contributed by atoms with van der Waals surface area (Å²) in [5.41, 5.74) is -3.33. The van der Waals surface area contributed by atoms with E-state index in [1.165, 1.54) is 24.3 Å². The average molecular weight is 613 g/mol. The number of allylic oxidation sites excluding steroid dienone is 1. The van der Waals surface area contributed by atoms with E-state index in [0.29, 0.717) is 5.56 Å². The van der Waals surface area contributed by atoms with Gasteiger partial charge in [-0.05, 0) is 23.8 Å². The smallest absolute Gasteiger partial charge is 0.212 e. The zero-order chi connectivity index (χ0) is 32.0. The van der Waals surface area contributed by atoms with Gasteiger partial charge in [0.2, 0.25) is 5.60 Å². The number of hydrogen-bond donors (Lipinski definition) is 10. The number of rotatable bonds is 7. The Morgan fingerprint density at radius 1 is 0.767 bits per heavy atom. The molecule has 0 spiro atoms. The van der Waals surface area contributed by atoms with E-state index in [0.717, 1.165) is 12.2 Å². The van der Waals surface area contributed by atoms with Crippen molar-refractivity contribution >= 4 is 29.2 Å². The van der Waals surface area contributed by atoms with Crippen molar-refractivity contribution in [2.75, 3.05) is 13.2 Å². The van der Waals surface area contributed by atoms with Gasteiger partial charge in [-0.25, -0.2) is 0 Å². The van der Waals surface area contributed by atoms with Gasteiger partial charge >= 0.3 is 0 Å². The van der Waals surface area contributed by atoms with Crippen LogP contribution in [-0.4, -0.2) is 154 Å². The van der Waals surface area contributed by atoms with Crippen LogP contribution in [0.2, 0.25) is 0 Å². The fourth-order valence-corrected chi connectivity index (χ4v) is 5.59. The highest BCUT2D eigenvalue weighted by atomic mass is 16.6. The van der Waals surface area contributed by atoms with Crippen molar-refractivity contribution in [1.82, 2.24) is 0 Å². The summed E-state index contributed by atoms with van der Waals surface area (Å²) in [6, 6.07) is 5.28. The lowest BCUT2D eigenvalue weighted by Crippen LogP contribution is -2.76. The fourth-order valence-electron chi connectivity index (χ4n) is 5.59. The number of carbonyl (C=O) groups is 4. The Hall–Kier alpha value is -3.00. The molecule has 1 saturated carbocycles. The molecular weight excluding hydrogens is 580 g/mol. The summed E-state index contributed by atoms with van der Waals surface area (Å²) >= 11 is 0. The lowest BCUT2D eigenvalue weighted by molar-refractivity contribution is -0.268. The maximum absolute atomic E-state index is 13.9. The zero-order valence-electron chi connectivity index (χ0n) is 22.2. The van der Waals surface area contributed by atoms with Crippen LogP contribution in [-0.2, 0) is 28.7 Å². The summed E-state index contributed by atoms with van der Waals surface area (Å²) in [5.74, 6) is -11.5. The Balaban J connectivity index is 1.82. The van der Waals surface area contributed by atoms with Crippen molar-refractivity contribution in [1.29, 1.82) is 0 Å². The minimum Gasteiger partial charge on any atom is -0.508 e. The molecule has 0 radical (unpaired) electrons. The van der Waals surface area contributed by atoms with Gasteiger partial charge in [-0.1, -0.05) is 18.2 Å². The van der Waals surface area contributed by atoms with Crippen LogP contribution in [0.5, 0.6) is 5.75 Å². The largest absolute Gasteiger partial charge is 0.508 e. The van der Waals surface area contributed by atoms with E-state index in [9.17, 15) is 70.2 Å². The molecular formula is C27H32O16. The SMILES string of the molecule is O=C(C=Cc1ccc(O)cc1)C1C(=O)C(C2OC(CO)C(O)C(O)C2O)C(=O)C(O)(C2OC(CO)C(O)C(O)C2O)C1=O. The molecule has 16 heteroatoms. The molecule has 10 N–H and O–H groups in total. The lowest BCUT2D eigenvalue weighted by Gasteiger charge is -2.50. The third-order valence-electron chi connectivity index (χ3n) is 8.07. The minimum atomic E-state index is -3.64. The third-order valence-corrected chi connectivity index (χ3v) is 8.07. The molecule has 236 valence electrons. The Morgan fingerprint density at radius 3 is 1.86 bits per heavy atom. The zero-order valence-corrected chi connectivity index (χ0v) is 22.2. The van der Waals surface area contributed by atoms with Crippen molar-refractivity contribution in [2.24, 2.45) is 11.8 Å². The number of aliphatic hydroxyl groups is 9. The molecule has 1 aromatic rings. The van der Waals surface area contributed by atoms with E-state index in [1.54, 1.807) is 0 Å². The number of hydrogen-bond acceptors (Lipinski definition) is 16. The average Bonchev–Trinajstić information content (AvgIpc) is 2.98. The first-order valence-corrected chi connectivity index (χ1v) is 13.2.